The van der Waals surface area contributed by atoms with E-state index in [1.54, 1.807) is 33.8 Å². The van der Waals surface area contributed by atoms with Gasteiger partial charge in [-0.05, 0) is 87.6 Å². The SMILES string of the molecule is CCO.CCOC(=O)C(C)C(=O)OCC.CO.Cc1ccc2ccc(CBr)cc2c1.Cc1ccc2ccc(CC(C)(C(=O)O)C(=O)O)cc2c1.[CH2-]C.[H-].[K+].[Na+]. The fourth-order valence-corrected chi connectivity index (χ4v) is 4.65. The molecule has 0 radical (unpaired) electrons. The van der Waals surface area contributed by atoms with Crippen LogP contribution in [0.15, 0.2) is 72.8 Å². The summed E-state index contributed by atoms with van der Waals surface area (Å²) in [6.07, 6.45) is -0.0401. The number of halogens is 1. The van der Waals surface area contributed by atoms with Crippen molar-refractivity contribution in [3.8, 4) is 0 Å². The molecule has 0 bridgehead atoms. The van der Waals surface area contributed by atoms with Crippen LogP contribution in [-0.2, 0) is 40.4 Å². The van der Waals surface area contributed by atoms with Gasteiger partial charge in [0.2, 0.25) is 0 Å². The molecule has 54 heavy (non-hydrogen) atoms. The number of aliphatic hydroxyl groups is 2. The van der Waals surface area contributed by atoms with E-state index in [1.807, 2.05) is 37.3 Å². The van der Waals surface area contributed by atoms with Crippen molar-refractivity contribution in [2.24, 2.45) is 11.3 Å². The van der Waals surface area contributed by atoms with Crippen molar-refractivity contribution in [3.05, 3.63) is 102 Å². The number of aliphatic carboxylic acids is 2. The summed E-state index contributed by atoms with van der Waals surface area (Å²) in [5.74, 6) is -4.53. The van der Waals surface area contributed by atoms with Gasteiger partial charge in [0.05, 0.1) is 13.2 Å². The fraction of sp³-hybridized carbons (Fsp3) is 0.390. The van der Waals surface area contributed by atoms with Crippen molar-refractivity contribution in [3.63, 3.8) is 0 Å². The van der Waals surface area contributed by atoms with Crippen LogP contribution >= 0.6 is 15.9 Å². The van der Waals surface area contributed by atoms with Crippen LogP contribution in [0.3, 0.4) is 0 Å². The Labute approximate surface area is 395 Å². The van der Waals surface area contributed by atoms with Gasteiger partial charge in [0.25, 0.3) is 0 Å². The molecule has 0 aliphatic rings. The first-order chi connectivity index (χ1) is 24.7. The summed E-state index contributed by atoms with van der Waals surface area (Å²) in [6, 6.07) is 24.6. The second kappa shape index (κ2) is 33.5. The van der Waals surface area contributed by atoms with Gasteiger partial charge in [-0.1, -0.05) is 99.9 Å². The van der Waals surface area contributed by atoms with Crippen molar-refractivity contribution in [2.45, 2.75) is 67.1 Å². The molecule has 4 N–H and O–H groups in total. The summed E-state index contributed by atoms with van der Waals surface area (Å²) in [5.41, 5.74) is 2.65. The molecule has 4 aromatic carbocycles. The number of aliphatic hydroxyl groups excluding tert-OH is 2. The molecular formula is C41H57BrKNaO10. The predicted molar refractivity (Wildman–Crippen MR) is 213 cm³/mol. The summed E-state index contributed by atoms with van der Waals surface area (Å²) < 4.78 is 9.26. The molecule has 4 rings (SSSR count). The standard InChI is InChI=1S/C16H16O4.C12H11Br.C8H14O4.C2H6O.C2H5.CH4O.K.Na.H/c1-10-3-5-12-6-4-11(8-13(12)7-10)9-16(2,14(17)18)15(19)20;1-9-2-4-11-5-3-10(8-13)7-12(11)6-9;1-4-11-7(9)6(3)8(10)12-5-2;1-2-3;2*1-2;;;/h3-8H,9H2,1-2H3,(H,17,18)(H,19,20);2-7H,8H2,1H3;6H,4-5H2,1-3H3;3H,2H2,1H3;1H2,2H3;2H,1H3;;;/q;;;;-1;;2*+1;-1. The molecule has 0 heterocycles. The second-order valence-corrected chi connectivity index (χ2v) is 11.7. The number of aryl methyl sites for hydroxylation is 2. The van der Waals surface area contributed by atoms with Crippen LogP contribution < -0.4 is 80.9 Å². The van der Waals surface area contributed by atoms with Gasteiger partial charge in [0, 0.05) is 19.0 Å². The zero-order valence-electron chi connectivity index (χ0n) is 34.9. The van der Waals surface area contributed by atoms with Crippen LogP contribution in [0.5, 0.6) is 0 Å². The van der Waals surface area contributed by atoms with Crippen LogP contribution in [0.4, 0.5) is 0 Å². The molecule has 0 aliphatic carbocycles. The number of esters is 2. The largest absolute Gasteiger partial charge is 1.00 e. The minimum atomic E-state index is -1.81. The zero-order chi connectivity index (χ0) is 40.4. The molecule has 0 aromatic heterocycles. The van der Waals surface area contributed by atoms with Gasteiger partial charge in [0.15, 0.2) is 11.3 Å². The van der Waals surface area contributed by atoms with Crippen molar-refractivity contribution < 1.29 is 131 Å². The first kappa shape index (κ1) is 59.0. The molecular weight excluding hydrogens is 794 g/mol. The third-order valence-electron chi connectivity index (χ3n) is 7.06. The van der Waals surface area contributed by atoms with E-state index in [1.165, 1.54) is 35.7 Å². The molecule has 0 amide bonds. The molecule has 0 unspecified atom stereocenters. The van der Waals surface area contributed by atoms with Gasteiger partial charge in [0.1, 0.15) is 0 Å². The molecule has 0 fully saturated rings. The fourth-order valence-electron chi connectivity index (χ4n) is 4.31. The van der Waals surface area contributed by atoms with Crippen LogP contribution in [0, 0.1) is 32.1 Å². The van der Waals surface area contributed by atoms with E-state index in [4.69, 9.17) is 20.4 Å². The van der Waals surface area contributed by atoms with E-state index in [9.17, 15) is 19.2 Å². The Kier molecular flexibility index (Phi) is 36.6. The first-order valence-corrected chi connectivity index (χ1v) is 17.9. The Hall–Kier alpha value is -1.68. The Bertz CT molecular complexity index is 1660. The topological polar surface area (TPSA) is 168 Å². The van der Waals surface area contributed by atoms with Gasteiger partial charge < -0.3 is 38.3 Å². The summed E-state index contributed by atoms with van der Waals surface area (Å²) >= 11 is 3.46. The molecule has 13 heteroatoms. The molecule has 0 spiro atoms. The predicted octanol–water partition coefficient (Wildman–Crippen LogP) is 2.23. The van der Waals surface area contributed by atoms with Crippen LogP contribution in [0.2, 0.25) is 0 Å². The van der Waals surface area contributed by atoms with Crippen LogP contribution in [0.25, 0.3) is 21.5 Å². The van der Waals surface area contributed by atoms with E-state index >= 15 is 0 Å². The minimum Gasteiger partial charge on any atom is -1.00 e. The van der Waals surface area contributed by atoms with Gasteiger partial charge in [-0.15, -0.1) is 0 Å². The smallest absolute Gasteiger partial charge is 1.00 e. The molecule has 0 aliphatic heterocycles. The Morgan fingerprint density at radius 3 is 1.39 bits per heavy atom. The number of rotatable bonds is 9. The molecule has 0 saturated heterocycles. The van der Waals surface area contributed by atoms with Crippen molar-refractivity contribution >= 4 is 61.4 Å². The number of carboxylic acid groups (broad SMARTS) is 2. The maximum Gasteiger partial charge on any atom is 1.00 e. The van der Waals surface area contributed by atoms with Gasteiger partial charge in [-0.3, -0.25) is 19.2 Å². The number of carbonyl (C=O) groups is 4. The number of benzene rings is 4. The van der Waals surface area contributed by atoms with Crippen molar-refractivity contribution in [1.29, 1.82) is 0 Å². The second-order valence-electron chi connectivity index (χ2n) is 11.2. The summed E-state index contributed by atoms with van der Waals surface area (Å²) in [4.78, 5) is 44.3. The number of carbonyl (C=O) groups excluding carboxylic acids is 2. The average Bonchev–Trinajstić information content (AvgIpc) is 3.13. The summed E-state index contributed by atoms with van der Waals surface area (Å²) in [7, 11) is 1.00. The average molecular weight is 852 g/mol. The van der Waals surface area contributed by atoms with E-state index < -0.39 is 35.2 Å². The maximum absolute atomic E-state index is 11.2. The van der Waals surface area contributed by atoms with E-state index in [2.05, 4.69) is 75.6 Å². The number of hydrogen-bond acceptors (Lipinski definition) is 8. The van der Waals surface area contributed by atoms with E-state index in [-0.39, 0.29) is 109 Å². The minimum absolute atomic E-state index is 0. The molecule has 10 nitrogen and oxygen atoms in total. The number of fused-ring (bicyclic) bond motifs is 2. The number of alkyl halides is 1. The van der Waals surface area contributed by atoms with E-state index in [0.29, 0.717) is 5.56 Å². The normalized spacial score (nSPS) is 9.52. The number of ether oxygens (including phenoxy) is 2. The van der Waals surface area contributed by atoms with Gasteiger partial charge >= 0.3 is 105 Å². The monoisotopic (exact) mass is 850 g/mol. The van der Waals surface area contributed by atoms with Crippen LogP contribution in [0.1, 0.15) is 65.2 Å². The van der Waals surface area contributed by atoms with Crippen molar-refractivity contribution in [1.82, 2.24) is 0 Å². The molecule has 0 atom stereocenters. The zero-order valence-corrected chi connectivity index (χ0v) is 40.6. The van der Waals surface area contributed by atoms with E-state index in [0.717, 1.165) is 28.8 Å². The van der Waals surface area contributed by atoms with Crippen molar-refractivity contribution in [2.75, 3.05) is 26.9 Å². The molecule has 290 valence electrons. The quantitative estimate of drug-likeness (QED) is 0.0645. The number of carboxylic acids is 2. The Morgan fingerprint density at radius 2 is 1.06 bits per heavy atom. The third kappa shape index (κ3) is 21.6. The van der Waals surface area contributed by atoms with Gasteiger partial charge in [-0.25, -0.2) is 0 Å². The summed E-state index contributed by atoms with van der Waals surface area (Å²) in [5, 5.41) is 38.5. The molecule has 0 saturated carbocycles. The maximum atomic E-state index is 11.2. The first-order valence-electron chi connectivity index (χ1n) is 16.8. The number of hydrogen-bond donors (Lipinski definition) is 4. The Morgan fingerprint density at radius 1 is 0.722 bits per heavy atom. The van der Waals surface area contributed by atoms with Crippen LogP contribution in [-0.4, -0.2) is 71.2 Å². The Balaban J connectivity index is -0.000000211. The summed E-state index contributed by atoms with van der Waals surface area (Å²) in [6.45, 7) is 17.7. The third-order valence-corrected chi connectivity index (χ3v) is 7.70. The molecule has 4 aromatic rings. The van der Waals surface area contributed by atoms with Gasteiger partial charge in [-0.2, -0.15) is 6.92 Å².